The number of nitro benzene ring substituents is 1. The van der Waals surface area contributed by atoms with Gasteiger partial charge in [0.25, 0.3) is 5.69 Å². The second-order valence-corrected chi connectivity index (χ2v) is 5.91. The number of benzene rings is 1. The van der Waals surface area contributed by atoms with Crippen molar-refractivity contribution < 1.29 is 10.0 Å². The van der Waals surface area contributed by atoms with E-state index in [1.54, 1.807) is 30.8 Å². The molecular weight excluding hydrogens is 276 g/mol. The number of rotatable bonds is 7. The molecule has 0 aliphatic carbocycles. The standard InChI is InChI=1S/C14H22N2O3S/c1-10(7-8-20-4)15(3)13-6-5-12(11(2)17)9-14(13)16(18)19/h5-6,9-11,17H,7-8H2,1-4H3/t10?,11-/m1/s1. The van der Waals surface area contributed by atoms with Crippen LogP contribution in [0.25, 0.3) is 0 Å². The highest BCUT2D eigenvalue weighted by Gasteiger charge is 2.21. The lowest BCUT2D eigenvalue weighted by molar-refractivity contribution is -0.384. The molecule has 0 saturated heterocycles. The van der Waals surface area contributed by atoms with Crippen molar-refractivity contribution in [1.82, 2.24) is 0 Å². The number of nitro groups is 1. The molecule has 0 spiro atoms. The third-order valence-corrected chi connectivity index (χ3v) is 4.10. The lowest BCUT2D eigenvalue weighted by atomic mass is 10.1. The molecular formula is C14H22N2O3S. The van der Waals surface area contributed by atoms with Gasteiger partial charge < -0.3 is 10.0 Å². The van der Waals surface area contributed by atoms with Gasteiger partial charge in [-0.3, -0.25) is 10.1 Å². The van der Waals surface area contributed by atoms with E-state index in [1.807, 2.05) is 18.2 Å². The van der Waals surface area contributed by atoms with Gasteiger partial charge in [-0.25, -0.2) is 0 Å². The first-order chi connectivity index (χ1) is 9.38. The van der Waals surface area contributed by atoms with Crippen LogP contribution >= 0.6 is 11.8 Å². The molecule has 1 N–H and O–H groups in total. The molecule has 20 heavy (non-hydrogen) atoms. The van der Waals surface area contributed by atoms with Gasteiger partial charge in [0.15, 0.2) is 0 Å². The molecule has 0 aliphatic heterocycles. The van der Waals surface area contributed by atoms with Gasteiger partial charge >= 0.3 is 0 Å². The van der Waals surface area contributed by atoms with Crippen molar-refractivity contribution in [3.8, 4) is 0 Å². The minimum absolute atomic E-state index is 0.0434. The first kappa shape index (κ1) is 16.8. The Bertz CT molecular complexity index is 466. The SMILES string of the molecule is CSCCC(C)N(C)c1ccc([C@@H](C)O)cc1[N+](=O)[O-]. The van der Waals surface area contributed by atoms with Crippen LogP contribution in [0.4, 0.5) is 11.4 Å². The maximum atomic E-state index is 11.2. The molecule has 5 nitrogen and oxygen atoms in total. The average molecular weight is 298 g/mol. The molecule has 0 bridgehead atoms. The number of nitrogens with zero attached hydrogens (tertiary/aromatic N) is 2. The fourth-order valence-corrected chi connectivity index (χ4v) is 2.54. The summed E-state index contributed by atoms with van der Waals surface area (Å²) in [6, 6.07) is 5.14. The summed E-state index contributed by atoms with van der Waals surface area (Å²) in [6.45, 7) is 3.66. The Morgan fingerprint density at radius 1 is 1.45 bits per heavy atom. The minimum atomic E-state index is -0.707. The predicted molar refractivity (Wildman–Crippen MR) is 84.6 cm³/mol. The minimum Gasteiger partial charge on any atom is -0.389 e. The van der Waals surface area contributed by atoms with Crippen LogP contribution in [0, 0.1) is 10.1 Å². The molecule has 0 saturated carbocycles. The lowest BCUT2D eigenvalue weighted by Crippen LogP contribution is -2.29. The van der Waals surface area contributed by atoms with Crippen molar-refractivity contribution in [3.05, 3.63) is 33.9 Å². The van der Waals surface area contributed by atoms with Crippen molar-refractivity contribution in [2.24, 2.45) is 0 Å². The van der Waals surface area contributed by atoms with Gasteiger partial charge in [-0.2, -0.15) is 11.8 Å². The predicted octanol–water partition coefficient (Wildman–Crippen LogP) is 3.23. The summed E-state index contributed by atoms with van der Waals surface area (Å²) in [5.41, 5.74) is 1.19. The Balaban J connectivity index is 3.07. The smallest absolute Gasteiger partial charge is 0.292 e. The molecule has 0 radical (unpaired) electrons. The second kappa shape index (κ2) is 7.50. The molecule has 112 valence electrons. The summed E-state index contributed by atoms with van der Waals surface area (Å²) in [5.74, 6) is 1.02. The van der Waals surface area contributed by atoms with E-state index in [9.17, 15) is 15.2 Å². The van der Waals surface area contributed by atoms with Gasteiger partial charge in [-0.05, 0) is 43.9 Å². The van der Waals surface area contributed by atoms with E-state index >= 15 is 0 Å². The third-order valence-electron chi connectivity index (χ3n) is 3.46. The van der Waals surface area contributed by atoms with Crippen LogP contribution in [0.3, 0.4) is 0 Å². The summed E-state index contributed by atoms with van der Waals surface area (Å²) >= 11 is 1.77. The first-order valence-electron chi connectivity index (χ1n) is 6.56. The number of aliphatic hydroxyl groups excluding tert-OH is 1. The molecule has 0 heterocycles. The number of hydrogen-bond donors (Lipinski definition) is 1. The Labute approximate surface area is 124 Å². The van der Waals surface area contributed by atoms with Crippen LogP contribution in [-0.4, -0.2) is 35.1 Å². The van der Waals surface area contributed by atoms with Gasteiger partial charge in [-0.1, -0.05) is 6.07 Å². The zero-order chi connectivity index (χ0) is 15.3. The van der Waals surface area contributed by atoms with Crippen molar-refractivity contribution in [2.45, 2.75) is 32.4 Å². The Kier molecular flexibility index (Phi) is 6.29. The van der Waals surface area contributed by atoms with Crippen LogP contribution in [0.1, 0.15) is 31.9 Å². The van der Waals surface area contributed by atoms with E-state index in [2.05, 4.69) is 6.92 Å². The molecule has 1 unspecified atom stereocenters. The summed E-state index contributed by atoms with van der Waals surface area (Å²) in [7, 11) is 1.87. The van der Waals surface area contributed by atoms with E-state index < -0.39 is 6.10 Å². The van der Waals surface area contributed by atoms with Gasteiger partial charge in [0, 0.05) is 19.2 Å². The molecule has 0 amide bonds. The quantitative estimate of drug-likeness (QED) is 0.618. The molecule has 2 atom stereocenters. The van der Waals surface area contributed by atoms with E-state index in [0.717, 1.165) is 12.2 Å². The monoisotopic (exact) mass is 298 g/mol. The highest BCUT2D eigenvalue weighted by Crippen LogP contribution is 2.32. The van der Waals surface area contributed by atoms with Crippen LogP contribution in [0.2, 0.25) is 0 Å². The number of anilines is 1. The molecule has 0 aliphatic rings. The Morgan fingerprint density at radius 2 is 2.10 bits per heavy atom. The van der Waals surface area contributed by atoms with Crippen molar-refractivity contribution in [2.75, 3.05) is 24.0 Å². The van der Waals surface area contributed by atoms with Gasteiger partial charge in [0.2, 0.25) is 0 Å². The molecule has 0 fully saturated rings. The maximum absolute atomic E-state index is 11.2. The third kappa shape index (κ3) is 4.11. The summed E-state index contributed by atoms with van der Waals surface area (Å²) in [4.78, 5) is 12.8. The van der Waals surface area contributed by atoms with E-state index in [0.29, 0.717) is 11.3 Å². The zero-order valence-electron chi connectivity index (χ0n) is 12.4. The van der Waals surface area contributed by atoms with Crippen LogP contribution in [0.5, 0.6) is 0 Å². The van der Waals surface area contributed by atoms with E-state index in [4.69, 9.17) is 0 Å². The van der Waals surface area contributed by atoms with E-state index in [-0.39, 0.29) is 16.7 Å². The average Bonchev–Trinajstić information content (AvgIpc) is 2.42. The van der Waals surface area contributed by atoms with Gasteiger partial charge in [0.05, 0.1) is 11.0 Å². The highest BCUT2D eigenvalue weighted by molar-refractivity contribution is 7.98. The largest absolute Gasteiger partial charge is 0.389 e. The van der Waals surface area contributed by atoms with Crippen LogP contribution < -0.4 is 4.90 Å². The Morgan fingerprint density at radius 3 is 2.60 bits per heavy atom. The van der Waals surface area contributed by atoms with Crippen LogP contribution in [-0.2, 0) is 0 Å². The van der Waals surface area contributed by atoms with Crippen LogP contribution in [0.15, 0.2) is 18.2 Å². The summed E-state index contributed by atoms with van der Waals surface area (Å²) in [6.07, 6.45) is 2.31. The molecule has 6 heteroatoms. The molecule has 1 aromatic rings. The lowest BCUT2D eigenvalue weighted by Gasteiger charge is -2.27. The fraction of sp³-hybridized carbons (Fsp3) is 0.571. The molecule has 1 aromatic carbocycles. The molecule has 1 rings (SSSR count). The maximum Gasteiger partial charge on any atom is 0.292 e. The van der Waals surface area contributed by atoms with Gasteiger partial charge in [-0.15, -0.1) is 0 Å². The number of hydrogen-bond acceptors (Lipinski definition) is 5. The zero-order valence-corrected chi connectivity index (χ0v) is 13.2. The van der Waals surface area contributed by atoms with E-state index in [1.165, 1.54) is 6.07 Å². The van der Waals surface area contributed by atoms with Gasteiger partial charge in [0.1, 0.15) is 5.69 Å². The highest BCUT2D eigenvalue weighted by atomic mass is 32.2. The molecule has 0 aromatic heterocycles. The Hall–Kier alpha value is -1.27. The number of thioether (sulfide) groups is 1. The summed E-state index contributed by atoms with van der Waals surface area (Å²) < 4.78 is 0. The topological polar surface area (TPSA) is 66.6 Å². The van der Waals surface area contributed by atoms with Crippen molar-refractivity contribution >= 4 is 23.1 Å². The van der Waals surface area contributed by atoms with Crippen molar-refractivity contribution in [1.29, 1.82) is 0 Å². The first-order valence-corrected chi connectivity index (χ1v) is 7.96. The fourth-order valence-electron chi connectivity index (χ4n) is 1.96. The van der Waals surface area contributed by atoms with Crippen molar-refractivity contribution in [3.63, 3.8) is 0 Å². The normalized spacial score (nSPS) is 13.8. The number of aliphatic hydroxyl groups is 1. The summed E-state index contributed by atoms with van der Waals surface area (Å²) in [5, 5.41) is 20.8. The second-order valence-electron chi connectivity index (χ2n) is 4.92.